The van der Waals surface area contributed by atoms with E-state index in [1.54, 1.807) is 18.2 Å². The summed E-state index contributed by atoms with van der Waals surface area (Å²) in [4.78, 5) is 22.3. The first-order valence-electron chi connectivity index (χ1n) is 7.94. The van der Waals surface area contributed by atoms with Crippen molar-refractivity contribution in [2.24, 2.45) is 0 Å². The van der Waals surface area contributed by atoms with E-state index in [0.717, 1.165) is 12.1 Å². The number of hydrogen-bond acceptors (Lipinski definition) is 7. The van der Waals surface area contributed by atoms with Crippen molar-refractivity contribution in [3.8, 4) is 17.2 Å². The zero-order valence-corrected chi connectivity index (χ0v) is 16.8. The Morgan fingerprint density at radius 1 is 1.24 bits per heavy atom. The lowest BCUT2D eigenvalue weighted by Gasteiger charge is -2.10. The lowest BCUT2D eigenvalue weighted by atomic mass is 10.2. The van der Waals surface area contributed by atoms with E-state index in [2.05, 4.69) is 10.6 Å². The zero-order chi connectivity index (χ0) is 21.6. The number of carbonyl (C=O) groups is 1. The number of ether oxygens (including phenoxy) is 2. The number of phenols is 1. The Bertz CT molecular complexity index is 996. The molecule has 152 valence electrons. The highest BCUT2D eigenvalue weighted by molar-refractivity contribution is 7.80. The molecule has 3 N–H and O–H groups in total. The fraction of sp³-hybridized carbons (Fsp3) is 0.111. The molecule has 0 bridgehead atoms. The number of nitrogens with zero attached hydrogens (tertiary/aromatic N) is 1. The highest BCUT2D eigenvalue weighted by Crippen LogP contribution is 2.36. The molecule has 0 aliphatic carbocycles. The van der Waals surface area contributed by atoms with Crippen LogP contribution in [0.25, 0.3) is 6.08 Å². The van der Waals surface area contributed by atoms with E-state index >= 15 is 0 Å². The second-order valence-corrected chi connectivity index (χ2v) is 6.29. The number of anilines is 1. The number of carbonyl (C=O) groups excluding carboxylic acids is 1. The minimum absolute atomic E-state index is 0.113. The number of phenolic OH excluding ortho intramolecular Hbond substituents is 1. The second kappa shape index (κ2) is 9.71. The Hall–Kier alpha value is -3.37. The van der Waals surface area contributed by atoms with E-state index in [4.69, 9.17) is 33.3 Å². The van der Waals surface area contributed by atoms with Crippen molar-refractivity contribution >= 4 is 52.3 Å². The molecule has 0 atom stereocenters. The highest BCUT2D eigenvalue weighted by atomic mass is 35.5. The molecule has 2 aromatic carbocycles. The summed E-state index contributed by atoms with van der Waals surface area (Å²) >= 11 is 10.8. The maximum Gasteiger partial charge on any atom is 0.273 e. The highest BCUT2D eigenvalue weighted by Gasteiger charge is 2.16. The van der Waals surface area contributed by atoms with E-state index in [1.807, 2.05) is 0 Å². The standard InChI is InChI=1S/C18H16ClN3O6S/c1-27-14-5-3-10(7-15(14)28-2)4-6-16(23)21-18(29)20-13-9-11(22(25)26)8-12(19)17(13)24/h3-9,24H,1-2H3,(H2,20,21,23,29). The molecule has 2 rings (SSSR count). The number of benzene rings is 2. The normalized spacial score (nSPS) is 10.4. The lowest BCUT2D eigenvalue weighted by molar-refractivity contribution is -0.384. The van der Waals surface area contributed by atoms with Gasteiger partial charge in [-0.15, -0.1) is 0 Å². The van der Waals surface area contributed by atoms with Gasteiger partial charge in [-0.2, -0.15) is 0 Å². The topological polar surface area (TPSA) is 123 Å². The molecule has 1 amide bonds. The first kappa shape index (κ1) is 21.9. The summed E-state index contributed by atoms with van der Waals surface area (Å²) in [6.07, 6.45) is 2.76. The van der Waals surface area contributed by atoms with Gasteiger partial charge < -0.3 is 19.9 Å². The van der Waals surface area contributed by atoms with Gasteiger partial charge in [0, 0.05) is 18.2 Å². The second-order valence-electron chi connectivity index (χ2n) is 5.47. The number of amides is 1. The molecule has 0 heterocycles. The third kappa shape index (κ3) is 5.80. The van der Waals surface area contributed by atoms with Gasteiger partial charge in [-0.3, -0.25) is 20.2 Å². The van der Waals surface area contributed by atoms with Crippen molar-refractivity contribution in [1.82, 2.24) is 5.32 Å². The number of hydrogen-bond donors (Lipinski definition) is 3. The summed E-state index contributed by atoms with van der Waals surface area (Å²) < 4.78 is 10.3. The monoisotopic (exact) mass is 437 g/mol. The molecule has 9 nitrogen and oxygen atoms in total. The van der Waals surface area contributed by atoms with E-state index in [-0.39, 0.29) is 21.5 Å². The van der Waals surface area contributed by atoms with Gasteiger partial charge in [-0.05, 0) is 36.0 Å². The van der Waals surface area contributed by atoms with Gasteiger partial charge in [-0.1, -0.05) is 17.7 Å². The van der Waals surface area contributed by atoms with Crippen LogP contribution in [-0.2, 0) is 4.79 Å². The Morgan fingerprint density at radius 2 is 1.93 bits per heavy atom. The van der Waals surface area contributed by atoms with Gasteiger partial charge in [0.1, 0.15) is 0 Å². The summed E-state index contributed by atoms with van der Waals surface area (Å²) in [5, 5.41) is 25.2. The number of nitro benzene ring substituents is 1. The third-order valence-corrected chi connectivity index (χ3v) is 4.07. The van der Waals surface area contributed by atoms with Gasteiger partial charge in [0.2, 0.25) is 5.91 Å². The molecule has 29 heavy (non-hydrogen) atoms. The Morgan fingerprint density at radius 3 is 2.55 bits per heavy atom. The molecule has 0 aliphatic rings. The Labute approximate surface area is 176 Å². The van der Waals surface area contributed by atoms with Gasteiger partial charge in [0.15, 0.2) is 22.4 Å². The lowest BCUT2D eigenvalue weighted by Crippen LogP contribution is -2.32. The van der Waals surface area contributed by atoms with Gasteiger partial charge in [0.25, 0.3) is 5.69 Å². The number of thiocarbonyl (C=S) groups is 1. The summed E-state index contributed by atoms with van der Waals surface area (Å²) in [6.45, 7) is 0. The van der Waals surface area contributed by atoms with E-state index in [1.165, 1.54) is 26.4 Å². The molecule has 0 saturated carbocycles. The molecular formula is C18H16ClN3O6S. The van der Waals surface area contributed by atoms with Gasteiger partial charge >= 0.3 is 0 Å². The average Bonchev–Trinajstić information content (AvgIpc) is 2.69. The minimum atomic E-state index is -0.677. The fourth-order valence-corrected chi connectivity index (χ4v) is 2.65. The summed E-state index contributed by atoms with van der Waals surface area (Å²) in [5.74, 6) is 0.0585. The van der Waals surface area contributed by atoms with Crippen molar-refractivity contribution in [3.63, 3.8) is 0 Å². The first-order valence-corrected chi connectivity index (χ1v) is 8.72. The molecule has 0 saturated heterocycles. The van der Waals surface area contributed by atoms with Crippen LogP contribution < -0.4 is 20.1 Å². The van der Waals surface area contributed by atoms with E-state index in [9.17, 15) is 20.0 Å². The van der Waals surface area contributed by atoms with Crippen LogP contribution in [0.4, 0.5) is 11.4 Å². The first-order chi connectivity index (χ1) is 13.7. The zero-order valence-electron chi connectivity index (χ0n) is 15.3. The summed E-state index contributed by atoms with van der Waals surface area (Å²) in [7, 11) is 3.01. The van der Waals surface area contributed by atoms with E-state index < -0.39 is 16.6 Å². The van der Waals surface area contributed by atoms with Crippen LogP contribution in [0.2, 0.25) is 5.02 Å². The fourth-order valence-electron chi connectivity index (χ4n) is 2.22. The number of nitrogens with one attached hydrogen (secondary N) is 2. The molecule has 2 aromatic rings. The van der Waals surface area contributed by atoms with Crippen molar-refractivity contribution in [3.05, 3.63) is 57.1 Å². The van der Waals surface area contributed by atoms with Crippen molar-refractivity contribution in [2.45, 2.75) is 0 Å². The Balaban J connectivity index is 2.05. The number of methoxy groups -OCH3 is 2. The molecule has 0 radical (unpaired) electrons. The number of rotatable bonds is 6. The molecular weight excluding hydrogens is 422 g/mol. The predicted octanol–water partition coefficient (Wildman–Crippen LogP) is 3.50. The van der Waals surface area contributed by atoms with Crippen LogP contribution in [0.3, 0.4) is 0 Å². The maximum atomic E-state index is 12.0. The minimum Gasteiger partial charge on any atom is -0.504 e. The number of aromatic hydroxyl groups is 1. The smallest absolute Gasteiger partial charge is 0.273 e. The molecule has 0 aromatic heterocycles. The molecule has 0 aliphatic heterocycles. The SMILES string of the molecule is COc1ccc(C=CC(=O)NC(=S)Nc2cc([N+](=O)[O-])cc(Cl)c2O)cc1OC. The van der Waals surface area contributed by atoms with Crippen molar-refractivity contribution in [1.29, 1.82) is 0 Å². The van der Waals surface area contributed by atoms with Gasteiger partial charge in [0.05, 0.1) is 29.9 Å². The predicted molar refractivity (Wildman–Crippen MR) is 113 cm³/mol. The van der Waals surface area contributed by atoms with Crippen LogP contribution in [0, 0.1) is 10.1 Å². The molecule has 0 spiro atoms. The largest absolute Gasteiger partial charge is 0.504 e. The molecule has 0 unspecified atom stereocenters. The summed E-state index contributed by atoms with van der Waals surface area (Å²) in [6, 6.07) is 7.14. The van der Waals surface area contributed by atoms with Gasteiger partial charge in [-0.25, -0.2) is 0 Å². The number of non-ortho nitro benzene ring substituents is 1. The Kier molecular flexibility index (Phi) is 7.34. The maximum absolute atomic E-state index is 12.0. The van der Waals surface area contributed by atoms with E-state index in [0.29, 0.717) is 17.1 Å². The van der Waals surface area contributed by atoms with Crippen LogP contribution >= 0.6 is 23.8 Å². The number of halogens is 1. The quantitative estimate of drug-likeness (QED) is 0.206. The van der Waals surface area contributed by atoms with Crippen LogP contribution in [0.1, 0.15) is 5.56 Å². The van der Waals surface area contributed by atoms with Crippen LogP contribution in [0.5, 0.6) is 17.2 Å². The molecule has 0 fully saturated rings. The number of nitro groups is 1. The van der Waals surface area contributed by atoms with Crippen molar-refractivity contribution < 1.29 is 24.3 Å². The van der Waals surface area contributed by atoms with Crippen LogP contribution in [-0.4, -0.2) is 35.3 Å². The summed E-state index contributed by atoms with van der Waals surface area (Å²) in [5.41, 5.74) is 0.218. The van der Waals surface area contributed by atoms with Crippen molar-refractivity contribution in [2.75, 3.05) is 19.5 Å². The van der Waals surface area contributed by atoms with Crippen LogP contribution in [0.15, 0.2) is 36.4 Å². The average molecular weight is 438 g/mol. The third-order valence-electron chi connectivity index (χ3n) is 3.58. The molecule has 11 heteroatoms.